The van der Waals surface area contributed by atoms with E-state index in [1.807, 2.05) is 12.1 Å². The standard InChI is InChI=1S/C16H21N3O/c1-3-10-17-15-12-6-5-7-13(12)18-16(19-15)14-9-8-11(4-2)20-14/h8-9H,3-7,10H2,1-2H3,(H,17,18,19). The van der Waals surface area contributed by atoms with Crippen LogP contribution in [0.4, 0.5) is 5.82 Å². The van der Waals surface area contributed by atoms with Crippen molar-refractivity contribution >= 4 is 5.82 Å². The van der Waals surface area contributed by atoms with Crippen LogP contribution < -0.4 is 5.32 Å². The first-order valence-corrected chi connectivity index (χ1v) is 7.54. The zero-order valence-electron chi connectivity index (χ0n) is 12.2. The summed E-state index contributed by atoms with van der Waals surface area (Å²) in [6.07, 6.45) is 5.29. The lowest BCUT2D eigenvalue weighted by atomic mass is 10.2. The molecule has 0 amide bonds. The maximum atomic E-state index is 5.79. The number of hydrogen-bond donors (Lipinski definition) is 1. The Morgan fingerprint density at radius 1 is 1.20 bits per heavy atom. The Morgan fingerprint density at radius 2 is 2.10 bits per heavy atom. The maximum Gasteiger partial charge on any atom is 0.197 e. The van der Waals surface area contributed by atoms with Gasteiger partial charge in [-0.3, -0.25) is 0 Å². The molecular weight excluding hydrogens is 250 g/mol. The van der Waals surface area contributed by atoms with E-state index < -0.39 is 0 Å². The van der Waals surface area contributed by atoms with E-state index >= 15 is 0 Å². The molecule has 1 aliphatic rings. The summed E-state index contributed by atoms with van der Waals surface area (Å²) in [7, 11) is 0. The summed E-state index contributed by atoms with van der Waals surface area (Å²) >= 11 is 0. The lowest BCUT2D eigenvalue weighted by Gasteiger charge is -2.10. The Bertz CT molecular complexity index is 604. The normalized spacial score (nSPS) is 13.5. The lowest BCUT2D eigenvalue weighted by molar-refractivity contribution is 0.525. The first kappa shape index (κ1) is 13.2. The Hall–Kier alpha value is -1.84. The molecule has 0 aliphatic heterocycles. The molecule has 0 radical (unpaired) electrons. The second-order valence-corrected chi connectivity index (χ2v) is 5.22. The third-order valence-electron chi connectivity index (χ3n) is 3.71. The van der Waals surface area contributed by atoms with Crippen LogP contribution in [0, 0.1) is 0 Å². The van der Waals surface area contributed by atoms with Crippen LogP contribution in [0.3, 0.4) is 0 Å². The summed E-state index contributed by atoms with van der Waals surface area (Å²) in [5, 5.41) is 3.43. The highest BCUT2D eigenvalue weighted by atomic mass is 16.3. The molecule has 0 unspecified atom stereocenters. The number of anilines is 1. The molecule has 2 heterocycles. The van der Waals surface area contributed by atoms with E-state index in [1.165, 1.54) is 17.7 Å². The van der Waals surface area contributed by atoms with Crippen molar-refractivity contribution in [3.05, 3.63) is 29.2 Å². The molecule has 2 aromatic rings. The Kier molecular flexibility index (Phi) is 3.72. The van der Waals surface area contributed by atoms with Crippen LogP contribution in [0.15, 0.2) is 16.5 Å². The average Bonchev–Trinajstić information content (AvgIpc) is 3.12. The highest BCUT2D eigenvalue weighted by Gasteiger charge is 2.20. The maximum absolute atomic E-state index is 5.79. The van der Waals surface area contributed by atoms with Crippen LogP contribution in [-0.4, -0.2) is 16.5 Å². The second kappa shape index (κ2) is 5.65. The molecule has 4 heteroatoms. The van der Waals surface area contributed by atoms with Crippen molar-refractivity contribution in [2.24, 2.45) is 0 Å². The Morgan fingerprint density at radius 3 is 2.85 bits per heavy atom. The molecule has 20 heavy (non-hydrogen) atoms. The zero-order valence-corrected chi connectivity index (χ0v) is 12.2. The van der Waals surface area contributed by atoms with Gasteiger partial charge in [0.05, 0.1) is 0 Å². The van der Waals surface area contributed by atoms with Gasteiger partial charge in [0.2, 0.25) is 0 Å². The molecule has 1 aliphatic carbocycles. The van der Waals surface area contributed by atoms with Gasteiger partial charge in [-0.1, -0.05) is 13.8 Å². The summed E-state index contributed by atoms with van der Waals surface area (Å²) in [6.45, 7) is 5.19. The molecular formula is C16H21N3O. The van der Waals surface area contributed by atoms with E-state index in [0.717, 1.165) is 49.6 Å². The van der Waals surface area contributed by atoms with E-state index in [2.05, 4.69) is 24.1 Å². The molecule has 0 saturated heterocycles. The minimum atomic E-state index is 0.712. The van der Waals surface area contributed by atoms with Gasteiger partial charge in [-0.15, -0.1) is 0 Å². The molecule has 0 spiro atoms. The minimum absolute atomic E-state index is 0.712. The molecule has 0 atom stereocenters. The quantitative estimate of drug-likeness (QED) is 0.902. The van der Waals surface area contributed by atoms with Crippen molar-refractivity contribution in [2.75, 3.05) is 11.9 Å². The highest BCUT2D eigenvalue weighted by Crippen LogP contribution is 2.29. The van der Waals surface area contributed by atoms with E-state index in [1.54, 1.807) is 0 Å². The fourth-order valence-corrected chi connectivity index (χ4v) is 2.62. The predicted molar refractivity (Wildman–Crippen MR) is 79.9 cm³/mol. The van der Waals surface area contributed by atoms with Crippen molar-refractivity contribution in [2.45, 2.75) is 46.0 Å². The third-order valence-corrected chi connectivity index (χ3v) is 3.71. The molecule has 0 bridgehead atoms. The van der Waals surface area contributed by atoms with Crippen molar-refractivity contribution in [1.29, 1.82) is 0 Å². The van der Waals surface area contributed by atoms with Crippen molar-refractivity contribution in [3.8, 4) is 11.6 Å². The van der Waals surface area contributed by atoms with Crippen LogP contribution in [0.25, 0.3) is 11.6 Å². The zero-order chi connectivity index (χ0) is 13.9. The number of furan rings is 1. The fourth-order valence-electron chi connectivity index (χ4n) is 2.62. The van der Waals surface area contributed by atoms with Gasteiger partial charge < -0.3 is 9.73 Å². The van der Waals surface area contributed by atoms with E-state index in [-0.39, 0.29) is 0 Å². The van der Waals surface area contributed by atoms with Crippen LogP contribution >= 0.6 is 0 Å². The summed E-state index contributed by atoms with van der Waals surface area (Å²) in [4.78, 5) is 9.38. The van der Waals surface area contributed by atoms with Crippen molar-refractivity contribution < 1.29 is 4.42 Å². The van der Waals surface area contributed by atoms with Gasteiger partial charge in [0.1, 0.15) is 11.6 Å². The number of hydrogen-bond acceptors (Lipinski definition) is 4. The third kappa shape index (κ3) is 2.42. The molecule has 0 saturated carbocycles. The molecule has 3 rings (SSSR count). The molecule has 0 aromatic carbocycles. The number of aryl methyl sites for hydroxylation is 2. The predicted octanol–water partition coefficient (Wildman–Crippen LogP) is 3.61. The van der Waals surface area contributed by atoms with Crippen LogP contribution in [0.5, 0.6) is 0 Å². The fraction of sp³-hybridized carbons (Fsp3) is 0.500. The van der Waals surface area contributed by atoms with E-state index in [4.69, 9.17) is 9.40 Å². The van der Waals surface area contributed by atoms with E-state index in [9.17, 15) is 0 Å². The molecule has 2 aromatic heterocycles. The number of nitrogens with zero attached hydrogens (tertiary/aromatic N) is 2. The summed E-state index contributed by atoms with van der Waals surface area (Å²) < 4.78 is 5.79. The van der Waals surface area contributed by atoms with Gasteiger partial charge in [0.15, 0.2) is 11.6 Å². The summed E-state index contributed by atoms with van der Waals surface area (Å²) in [6, 6.07) is 3.98. The minimum Gasteiger partial charge on any atom is -0.458 e. The molecule has 106 valence electrons. The number of fused-ring (bicyclic) bond motifs is 1. The number of nitrogens with one attached hydrogen (secondary N) is 1. The SMILES string of the molecule is CCCNc1nc(-c2ccc(CC)o2)nc2c1CCC2. The van der Waals surface area contributed by atoms with Crippen LogP contribution in [0.1, 0.15) is 43.7 Å². The van der Waals surface area contributed by atoms with Crippen molar-refractivity contribution in [1.82, 2.24) is 9.97 Å². The summed E-state index contributed by atoms with van der Waals surface area (Å²) in [5.41, 5.74) is 2.48. The largest absolute Gasteiger partial charge is 0.458 e. The second-order valence-electron chi connectivity index (χ2n) is 5.22. The number of rotatable bonds is 5. The first-order chi connectivity index (χ1) is 9.81. The highest BCUT2D eigenvalue weighted by molar-refractivity contribution is 5.57. The number of aromatic nitrogens is 2. The lowest BCUT2D eigenvalue weighted by Crippen LogP contribution is -2.07. The van der Waals surface area contributed by atoms with Crippen LogP contribution in [0.2, 0.25) is 0 Å². The Balaban J connectivity index is 1.99. The van der Waals surface area contributed by atoms with Gasteiger partial charge >= 0.3 is 0 Å². The van der Waals surface area contributed by atoms with Crippen molar-refractivity contribution in [3.63, 3.8) is 0 Å². The van der Waals surface area contributed by atoms with Gasteiger partial charge in [0.25, 0.3) is 0 Å². The molecule has 0 fully saturated rings. The Labute approximate surface area is 119 Å². The van der Waals surface area contributed by atoms with Crippen LogP contribution in [-0.2, 0) is 19.3 Å². The molecule has 4 nitrogen and oxygen atoms in total. The first-order valence-electron chi connectivity index (χ1n) is 7.54. The summed E-state index contributed by atoms with van der Waals surface area (Å²) in [5.74, 6) is 3.46. The topological polar surface area (TPSA) is 51.0 Å². The van der Waals surface area contributed by atoms with Gasteiger partial charge in [0, 0.05) is 24.2 Å². The van der Waals surface area contributed by atoms with Gasteiger partial charge in [-0.25, -0.2) is 9.97 Å². The van der Waals surface area contributed by atoms with E-state index in [0.29, 0.717) is 5.82 Å². The van der Waals surface area contributed by atoms with Gasteiger partial charge in [-0.05, 0) is 37.8 Å². The monoisotopic (exact) mass is 271 g/mol. The van der Waals surface area contributed by atoms with Gasteiger partial charge in [-0.2, -0.15) is 0 Å². The average molecular weight is 271 g/mol. The molecule has 1 N–H and O–H groups in total. The smallest absolute Gasteiger partial charge is 0.197 e.